The standard InChI is InChI=1S/C14H13FN2OS/c1-10-13(6-8-16)19-14(17-10)7-9-18-12-4-2-11(15)3-5-12/h2-5H,6-7,9H2,1H3. The van der Waals surface area contributed by atoms with Crippen molar-refractivity contribution < 1.29 is 9.13 Å². The van der Waals surface area contributed by atoms with Gasteiger partial charge in [-0.15, -0.1) is 11.3 Å². The van der Waals surface area contributed by atoms with E-state index in [9.17, 15) is 4.39 Å². The first-order chi connectivity index (χ1) is 9.19. The number of nitriles is 1. The normalized spacial score (nSPS) is 10.2. The molecule has 2 aromatic rings. The summed E-state index contributed by atoms with van der Waals surface area (Å²) >= 11 is 1.55. The van der Waals surface area contributed by atoms with Crippen LogP contribution in [0.5, 0.6) is 5.75 Å². The number of halogens is 1. The molecule has 0 aliphatic heterocycles. The summed E-state index contributed by atoms with van der Waals surface area (Å²) in [6.07, 6.45) is 1.09. The first-order valence-corrected chi connectivity index (χ1v) is 6.71. The summed E-state index contributed by atoms with van der Waals surface area (Å²) in [6, 6.07) is 8.07. The molecule has 0 amide bonds. The van der Waals surface area contributed by atoms with Gasteiger partial charge in [0.2, 0.25) is 0 Å². The van der Waals surface area contributed by atoms with Gasteiger partial charge in [0.05, 0.1) is 29.8 Å². The van der Waals surface area contributed by atoms with E-state index in [1.807, 2.05) is 6.92 Å². The Bertz CT molecular complexity index is 586. The van der Waals surface area contributed by atoms with E-state index in [2.05, 4.69) is 11.1 Å². The van der Waals surface area contributed by atoms with Gasteiger partial charge in [0.1, 0.15) is 11.6 Å². The fourth-order valence-electron chi connectivity index (χ4n) is 1.62. The molecule has 1 heterocycles. The Morgan fingerprint density at radius 1 is 1.37 bits per heavy atom. The molecule has 5 heteroatoms. The van der Waals surface area contributed by atoms with Crippen LogP contribution < -0.4 is 4.74 Å². The fourth-order valence-corrected chi connectivity index (χ4v) is 2.60. The molecule has 0 atom stereocenters. The van der Waals surface area contributed by atoms with E-state index < -0.39 is 0 Å². The van der Waals surface area contributed by atoms with E-state index in [1.165, 1.54) is 12.1 Å². The van der Waals surface area contributed by atoms with Crippen molar-refractivity contribution >= 4 is 11.3 Å². The van der Waals surface area contributed by atoms with Crippen LogP contribution in [0.4, 0.5) is 4.39 Å². The largest absolute Gasteiger partial charge is 0.493 e. The van der Waals surface area contributed by atoms with Crippen LogP contribution in [0.1, 0.15) is 15.6 Å². The van der Waals surface area contributed by atoms with Crippen molar-refractivity contribution in [1.29, 1.82) is 5.26 Å². The summed E-state index contributed by atoms with van der Waals surface area (Å²) in [7, 11) is 0. The van der Waals surface area contributed by atoms with Gasteiger partial charge in [0, 0.05) is 11.3 Å². The predicted molar refractivity (Wildman–Crippen MR) is 71.8 cm³/mol. The molecule has 0 N–H and O–H groups in total. The number of thiazole rings is 1. The molecule has 3 nitrogen and oxygen atoms in total. The number of hydrogen-bond donors (Lipinski definition) is 0. The fraction of sp³-hybridized carbons (Fsp3) is 0.286. The zero-order chi connectivity index (χ0) is 13.7. The van der Waals surface area contributed by atoms with Gasteiger partial charge < -0.3 is 4.74 Å². The SMILES string of the molecule is Cc1nc(CCOc2ccc(F)cc2)sc1CC#N. The molecule has 1 aromatic carbocycles. The third-order valence-electron chi connectivity index (χ3n) is 2.57. The molecule has 2 rings (SSSR count). The van der Waals surface area contributed by atoms with Crippen LogP contribution in [0, 0.1) is 24.1 Å². The lowest BCUT2D eigenvalue weighted by Gasteiger charge is -2.04. The molecule has 0 aliphatic rings. The zero-order valence-electron chi connectivity index (χ0n) is 10.5. The van der Waals surface area contributed by atoms with E-state index in [1.54, 1.807) is 23.5 Å². The highest BCUT2D eigenvalue weighted by atomic mass is 32.1. The summed E-state index contributed by atoms with van der Waals surface area (Å²) in [5, 5.41) is 9.64. The second-order valence-electron chi connectivity index (χ2n) is 4.00. The third-order valence-corrected chi connectivity index (χ3v) is 3.79. The summed E-state index contributed by atoms with van der Waals surface area (Å²) < 4.78 is 18.2. The van der Waals surface area contributed by atoms with Crippen molar-refractivity contribution in [2.75, 3.05) is 6.61 Å². The van der Waals surface area contributed by atoms with Crippen molar-refractivity contribution in [3.05, 3.63) is 45.7 Å². The van der Waals surface area contributed by atoms with Gasteiger partial charge >= 0.3 is 0 Å². The van der Waals surface area contributed by atoms with E-state index in [0.717, 1.165) is 15.6 Å². The second-order valence-corrected chi connectivity index (χ2v) is 5.17. The van der Waals surface area contributed by atoms with Gasteiger partial charge in [-0.3, -0.25) is 0 Å². The van der Waals surface area contributed by atoms with Crippen LogP contribution in [-0.2, 0) is 12.8 Å². The molecule has 19 heavy (non-hydrogen) atoms. The summed E-state index contributed by atoms with van der Waals surface area (Å²) in [6.45, 7) is 2.40. The Balaban J connectivity index is 1.87. The number of nitrogens with zero attached hydrogens (tertiary/aromatic N) is 2. The van der Waals surface area contributed by atoms with Crippen molar-refractivity contribution in [2.24, 2.45) is 0 Å². The van der Waals surface area contributed by atoms with Crippen molar-refractivity contribution in [3.63, 3.8) is 0 Å². The van der Waals surface area contributed by atoms with Gasteiger partial charge in [-0.2, -0.15) is 5.26 Å². The Labute approximate surface area is 115 Å². The van der Waals surface area contributed by atoms with Gasteiger partial charge in [-0.1, -0.05) is 0 Å². The highest BCUT2D eigenvalue weighted by Gasteiger charge is 2.07. The molecule has 0 spiro atoms. The first kappa shape index (κ1) is 13.5. The molecule has 0 saturated carbocycles. The van der Waals surface area contributed by atoms with Crippen LogP contribution in [0.15, 0.2) is 24.3 Å². The summed E-state index contributed by atoms with van der Waals surface area (Å²) in [5.74, 6) is 0.371. The number of hydrogen-bond acceptors (Lipinski definition) is 4. The molecule has 1 aromatic heterocycles. The number of ether oxygens (including phenoxy) is 1. The summed E-state index contributed by atoms with van der Waals surface area (Å²) in [4.78, 5) is 5.42. The van der Waals surface area contributed by atoms with E-state index in [-0.39, 0.29) is 5.82 Å². The van der Waals surface area contributed by atoms with E-state index in [0.29, 0.717) is 25.2 Å². The minimum atomic E-state index is -0.274. The van der Waals surface area contributed by atoms with Gasteiger partial charge in [0.15, 0.2) is 0 Å². The first-order valence-electron chi connectivity index (χ1n) is 5.89. The number of aromatic nitrogens is 1. The second kappa shape index (κ2) is 6.30. The highest BCUT2D eigenvalue weighted by Crippen LogP contribution is 2.19. The van der Waals surface area contributed by atoms with Crippen LogP contribution >= 0.6 is 11.3 Å². The molecule has 98 valence electrons. The maximum atomic E-state index is 12.7. The molecule has 0 fully saturated rings. The molecule has 0 unspecified atom stereocenters. The van der Waals surface area contributed by atoms with Gasteiger partial charge in [-0.25, -0.2) is 9.37 Å². The van der Waals surface area contributed by atoms with Gasteiger partial charge in [-0.05, 0) is 31.2 Å². The minimum Gasteiger partial charge on any atom is -0.493 e. The zero-order valence-corrected chi connectivity index (χ0v) is 11.3. The third kappa shape index (κ3) is 3.76. The average molecular weight is 276 g/mol. The monoisotopic (exact) mass is 276 g/mol. The molecule has 0 aliphatic carbocycles. The van der Waals surface area contributed by atoms with Gasteiger partial charge in [0.25, 0.3) is 0 Å². The quantitative estimate of drug-likeness (QED) is 0.842. The lowest BCUT2D eigenvalue weighted by Crippen LogP contribution is -2.01. The molecular weight excluding hydrogens is 263 g/mol. The average Bonchev–Trinajstić information content (AvgIpc) is 2.73. The Morgan fingerprint density at radius 2 is 2.11 bits per heavy atom. The lowest BCUT2D eigenvalue weighted by molar-refractivity contribution is 0.321. The molecular formula is C14H13FN2OS. The van der Waals surface area contributed by atoms with Crippen LogP contribution in [0.2, 0.25) is 0 Å². The van der Waals surface area contributed by atoms with Crippen molar-refractivity contribution in [3.8, 4) is 11.8 Å². The number of rotatable bonds is 5. The number of benzene rings is 1. The predicted octanol–water partition coefficient (Wildman–Crippen LogP) is 3.28. The minimum absolute atomic E-state index is 0.274. The Morgan fingerprint density at radius 3 is 2.79 bits per heavy atom. The maximum Gasteiger partial charge on any atom is 0.123 e. The van der Waals surface area contributed by atoms with Crippen molar-refractivity contribution in [1.82, 2.24) is 4.98 Å². The highest BCUT2D eigenvalue weighted by molar-refractivity contribution is 7.11. The van der Waals surface area contributed by atoms with Crippen LogP contribution in [0.25, 0.3) is 0 Å². The molecule has 0 radical (unpaired) electrons. The van der Waals surface area contributed by atoms with Crippen LogP contribution in [0.3, 0.4) is 0 Å². The molecule has 0 bridgehead atoms. The topological polar surface area (TPSA) is 45.9 Å². The smallest absolute Gasteiger partial charge is 0.123 e. The molecule has 0 saturated heterocycles. The Hall–Kier alpha value is -1.93. The van der Waals surface area contributed by atoms with E-state index >= 15 is 0 Å². The lowest BCUT2D eigenvalue weighted by atomic mass is 10.3. The van der Waals surface area contributed by atoms with Crippen LogP contribution in [-0.4, -0.2) is 11.6 Å². The summed E-state index contributed by atoms with van der Waals surface area (Å²) in [5.41, 5.74) is 0.920. The maximum absolute atomic E-state index is 12.7. The number of aryl methyl sites for hydroxylation is 1. The van der Waals surface area contributed by atoms with E-state index in [4.69, 9.17) is 10.00 Å². The Kier molecular flexibility index (Phi) is 4.48. The van der Waals surface area contributed by atoms with Crippen molar-refractivity contribution in [2.45, 2.75) is 19.8 Å².